The fraction of sp³-hybridized carbons (Fsp3) is 0.485. The molecule has 10 heteroatoms. The van der Waals surface area contributed by atoms with Gasteiger partial charge in [-0.05, 0) is 44.7 Å². The van der Waals surface area contributed by atoms with Crippen molar-refractivity contribution in [3.05, 3.63) is 65.9 Å². The van der Waals surface area contributed by atoms with Gasteiger partial charge in [0.1, 0.15) is 17.3 Å². The minimum Gasteiger partial charge on any atom is -0.479 e. The Kier molecular flexibility index (Phi) is 8.96. The lowest BCUT2D eigenvalue weighted by Crippen LogP contribution is -2.56. The number of allylic oxidation sites excluding steroid dienone is 1. The maximum Gasteiger partial charge on any atom is 0.330 e. The van der Waals surface area contributed by atoms with Crippen molar-refractivity contribution in [1.29, 1.82) is 0 Å². The van der Waals surface area contributed by atoms with Gasteiger partial charge in [-0.1, -0.05) is 60.9 Å². The van der Waals surface area contributed by atoms with Crippen molar-refractivity contribution in [3.63, 3.8) is 0 Å². The van der Waals surface area contributed by atoms with Crippen LogP contribution in [-0.4, -0.2) is 86.5 Å². The highest BCUT2D eigenvalue weighted by Crippen LogP contribution is 2.45. The van der Waals surface area contributed by atoms with Crippen LogP contribution in [0.2, 0.25) is 0 Å². The van der Waals surface area contributed by atoms with Gasteiger partial charge < -0.3 is 25.3 Å². The van der Waals surface area contributed by atoms with Crippen LogP contribution in [-0.2, 0) is 14.4 Å². The van der Waals surface area contributed by atoms with Crippen LogP contribution in [0.5, 0.6) is 0 Å². The highest BCUT2D eigenvalue weighted by atomic mass is 16.4. The summed E-state index contributed by atoms with van der Waals surface area (Å²) < 4.78 is 0. The molecular formula is C33H40N4O6. The van der Waals surface area contributed by atoms with E-state index >= 15 is 0 Å². The molecule has 1 aromatic carbocycles. The van der Waals surface area contributed by atoms with Crippen LogP contribution in [0.3, 0.4) is 0 Å². The molecule has 2 aliphatic heterocycles. The molecule has 1 aliphatic carbocycles. The van der Waals surface area contributed by atoms with Gasteiger partial charge in [0.2, 0.25) is 11.8 Å². The van der Waals surface area contributed by atoms with Crippen LogP contribution in [0.1, 0.15) is 61.0 Å². The first-order valence-corrected chi connectivity index (χ1v) is 15.1. The van der Waals surface area contributed by atoms with E-state index in [1.54, 1.807) is 19.2 Å². The molecule has 228 valence electrons. The molecule has 1 saturated carbocycles. The third-order valence-electron chi connectivity index (χ3n) is 8.98. The van der Waals surface area contributed by atoms with E-state index in [0.717, 1.165) is 36.8 Å². The smallest absolute Gasteiger partial charge is 0.330 e. The number of pyridine rings is 1. The first-order valence-electron chi connectivity index (χ1n) is 15.1. The van der Waals surface area contributed by atoms with E-state index in [0.29, 0.717) is 12.1 Å². The molecule has 2 fully saturated rings. The van der Waals surface area contributed by atoms with Gasteiger partial charge >= 0.3 is 5.97 Å². The second kappa shape index (κ2) is 12.7. The topological polar surface area (TPSA) is 140 Å². The van der Waals surface area contributed by atoms with Crippen molar-refractivity contribution in [3.8, 4) is 11.3 Å². The van der Waals surface area contributed by atoms with E-state index in [4.69, 9.17) is 0 Å². The number of rotatable bonds is 5. The highest BCUT2D eigenvalue weighted by molar-refractivity contribution is 5.95. The van der Waals surface area contributed by atoms with Crippen LogP contribution < -0.4 is 5.32 Å². The average molecular weight is 589 g/mol. The normalized spacial score (nSPS) is 28.5. The summed E-state index contributed by atoms with van der Waals surface area (Å²) in [5.41, 5.74) is 1.40. The number of carbonyl (C=O) groups excluding carboxylic acids is 3. The number of fused-ring (bicyclic) bond motifs is 2. The third-order valence-corrected chi connectivity index (χ3v) is 8.98. The quantitative estimate of drug-likeness (QED) is 0.456. The Bertz CT molecular complexity index is 1410. The molecule has 0 spiro atoms. The minimum atomic E-state index is -1.44. The third kappa shape index (κ3) is 6.49. The average Bonchev–Trinajstić information content (AvgIpc) is 3.59. The number of carbonyl (C=O) groups is 4. The molecule has 0 unspecified atom stereocenters. The van der Waals surface area contributed by atoms with Gasteiger partial charge in [0.25, 0.3) is 5.91 Å². The Morgan fingerprint density at radius 1 is 1.09 bits per heavy atom. The van der Waals surface area contributed by atoms with Crippen molar-refractivity contribution < 1.29 is 29.4 Å². The number of aliphatic carboxylic acids is 1. The fourth-order valence-corrected chi connectivity index (χ4v) is 6.29. The summed E-state index contributed by atoms with van der Waals surface area (Å²) >= 11 is 0. The lowest BCUT2D eigenvalue weighted by atomic mass is 9.95. The molecule has 5 rings (SSSR count). The molecule has 0 bridgehead atoms. The minimum absolute atomic E-state index is 0.0261. The monoisotopic (exact) mass is 588 g/mol. The molecule has 1 saturated heterocycles. The number of nitrogens with zero attached hydrogens (tertiary/aromatic N) is 3. The first-order chi connectivity index (χ1) is 20.6. The number of aryl methyl sites for hydroxylation is 1. The van der Waals surface area contributed by atoms with Gasteiger partial charge in [0, 0.05) is 44.0 Å². The van der Waals surface area contributed by atoms with Crippen LogP contribution >= 0.6 is 0 Å². The van der Waals surface area contributed by atoms with Crippen molar-refractivity contribution in [2.75, 3.05) is 20.1 Å². The van der Waals surface area contributed by atoms with Crippen LogP contribution in [0.15, 0.2) is 54.6 Å². The Morgan fingerprint density at radius 2 is 1.84 bits per heavy atom. The summed E-state index contributed by atoms with van der Waals surface area (Å²) in [6, 6.07) is 11.9. The molecule has 1 aromatic heterocycles. The van der Waals surface area contributed by atoms with E-state index in [-0.39, 0.29) is 43.5 Å². The fourth-order valence-electron chi connectivity index (χ4n) is 6.29. The molecule has 10 nitrogen and oxygen atoms in total. The number of hydrogen-bond donors (Lipinski definition) is 3. The molecule has 2 aromatic rings. The van der Waals surface area contributed by atoms with Crippen LogP contribution in [0, 0.1) is 18.8 Å². The van der Waals surface area contributed by atoms with E-state index in [2.05, 4.69) is 10.3 Å². The van der Waals surface area contributed by atoms with Crippen molar-refractivity contribution in [1.82, 2.24) is 20.1 Å². The Hall–Kier alpha value is -4.05. The highest BCUT2D eigenvalue weighted by Gasteiger charge is 2.62. The van der Waals surface area contributed by atoms with Gasteiger partial charge in [-0.3, -0.25) is 14.4 Å². The first kappa shape index (κ1) is 30.4. The van der Waals surface area contributed by atoms with E-state index in [1.165, 1.54) is 9.80 Å². The zero-order valence-corrected chi connectivity index (χ0v) is 24.7. The molecule has 3 aliphatic rings. The largest absolute Gasteiger partial charge is 0.479 e. The second-order valence-corrected chi connectivity index (χ2v) is 12.1. The summed E-state index contributed by atoms with van der Waals surface area (Å²) in [7, 11) is 1.57. The molecule has 0 radical (unpaired) electrons. The van der Waals surface area contributed by atoms with Crippen LogP contribution in [0.25, 0.3) is 11.3 Å². The lowest BCUT2D eigenvalue weighted by Gasteiger charge is -2.31. The number of carboxylic acids is 1. The molecule has 3 heterocycles. The Labute approximate surface area is 251 Å². The number of benzene rings is 1. The second-order valence-electron chi connectivity index (χ2n) is 12.1. The maximum atomic E-state index is 13.8. The summed E-state index contributed by atoms with van der Waals surface area (Å²) in [5, 5.41) is 23.9. The number of aliphatic hydroxyl groups is 1. The Balaban J connectivity index is 1.38. The number of amides is 3. The SMILES string of the molecule is Cc1ccc(-c2cccc(C(=O)N(C)C[C@@H]3[C@H]4C(=O)N[C@]5(C(=O)O)C[C@H]5/C=C\CCCCCCC(=O)N4C[C@@H]3O)n2)cc1. The van der Waals surface area contributed by atoms with Gasteiger partial charge in [-0.15, -0.1) is 0 Å². The van der Waals surface area contributed by atoms with E-state index in [1.807, 2.05) is 49.4 Å². The molecule has 5 atom stereocenters. The van der Waals surface area contributed by atoms with Gasteiger partial charge in [-0.2, -0.15) is 0 Å². The summed E-state index contributed by atoms with van der Waals surface area (Å²) in [4.78, 5) is 60.3. The molecular weight excluding hydrogens is 548 g/mol. The number of carboxylic acid groups (broad SMARTS) is 1. The predicted molar refractivity (Wildman–Crippen MR) is 160 cm³/mol. The van der Waals surface area contributed by atoms with Crippen molar-refractivity contribution in [2.45, 2.75) is 69.6 Å². The summed E-state index contributed by atoms with van der Waals surface area (Å²) in [5.74, 6) is -3.55. The van der Waals surface area contributed by atoms with Crippen molar-refractivity contribution >= 4 is 23.7 Å². The number of aromatic nitrogens is 1. The summed E-state index contributed by atoms with van der Waals surface area (Å²) in [6.07, 6.45) is 7.50. The van der Waals surface area contributed by atoms with Gasteiger partial charge in [0.05, 0.1) is 11.8 Å². The lowest BCUT2D eigenvalue weighted by molar-refractivity contribution is -0.146. The number of hydrogen-bond acceptors (Lipinski definition) is 6. The van der Waals surface area contributed by atoms with Gasteiger partial charge in [0.15, 0.2) is 0 Å². The predicted octanol–water partition coefficient (Wildman–Crippen LogP) is 3.19. The Morgan fingerprint density at radius 3 is 2.58 bits per heavy atom. The molecule has 43 heavy (non-hydrogen) atoms. The molecule has 3 amide bonds. The van der Waals surface area contributed by atoms with Crippen LogP contribution in [0.4, 0.5) is 0 Å². The standard InChI is InChI=1S/C33H40N4O6/c1-21-14-16-22(17-15-21)25-11-9-12-26(34-25)31(41)36(2)19-24-27(38)20-37-28(39)13-8-6-4-3-5-7-10-23-18-33(23,32(42)43)35-30(40)29(24)37/h7,9-12,14-17,23-24,27,29,38H,3-6,8,13,18-20H2,1-2H3,(H,35,40)(H,42,43)/b10-7-/t23-,24+,27+,29+,33-/m1/s1. The van der Waals surface area contributed by atoms with Gasteiger partial charge in [-0.25, -0.2) is 9.78 Å². The van der Waals surface area contributed by atoms with E-state index < -0.39 is 41.4 Å². The summed E-state index contributed by atoms with van der Waals surface area (Å²) in [6.45, 7) is 1.90. The van der Waals surface area contributed by atoms with E-state index in [9.17, 15) is 29.4 Å². The maximum absolute atomic E-state index is 13.8. The van der Waals surface area contributed by atoms with Crippen molar-refractivity contribution in [2.24, 2.45) is 11.8 Å². The zero-order valence-electron chi connectivity index (χ0n) is 24.7. The zero-order chi connectivity index (χ0) is 30.7. The number of aliphatic hydroxyl groups excluding tert-OH is 1. The number of nitrogens with one attached hydrogen (secondary N) is 1. The molecule has 3 N–H and O–H groups in total.